The van der Waals surface area contributed by atoms with E-state index in [0.717, 1.165) is 17.3 Å². The first-order valence-electron chi connectivity index (χ1n) is 5.28. The van der Waals surface area contributed by atoms with E-state index < -0.39 is 0 Å². The minimum atomic E-state index is 0. The molecule has 2 aliphatic rings. The molecule has 0 radical (unpaired) electrons. The van der Waals surface area contributed by atoms with Crippen molar-refractivity contribution in [1.82, 2.24) is 10.2 Å². The van der Waals surface area contributed by atoms with Gasteiger partial charge in [0.05, 0.1) is 0 Å². The van der Waals surface area contributed by atoms with Gasteiger partial charge in [0.1, 0.15) is 0 Å². The SMILES string of the molecule is CSC1CCCC1N(C)C1CNC1.Cl. The summed E-state index contributed by atoms with van der Waals surface area (Å²) in [5, 5.41) is 4.24. The highest BCUT2D eigenvalue weighted by Gasteiger charge is 2.34. The fourth-order valence-electron chi connectivity index (χ4n) is 2.48. The molecule has 1 aliphatic heterocycles. The molecule has 1 heterocycles. The van der Waals surface area contributed by atoms with E-state index in [2.05, 4.69) is 35.3 Å². The van der Waals surface area contributed by atoms with E-state index in [-0.39, 0.29) is 12.4 Å². The minimum Gasteiger partial charge on any atom is -0.314 e. The Morgan fingerprint density at radius 2 is 2.00 bits per heavy atom. The van der Waals surface area contributed by atoms with Gasteiger partial charge in [0.25, 0.3) is 0 Å². The second kappa shape index (κ2) is 5.59. The summed E-state index contributed by atoms with van der Waals surface area (Å²) in [5.41, 5.74) is 0. The Labute approximate surface area is 97.6 Å². The number of hydrogen-bond acceptors (Lipinski definition) is 3. The summed E-state index contributed by atoms with van der Waals surface area (Å²) in [6.07, 6.45) is 6.53. The molecule has 2 fully saturated rings. The first-order chi connectivity index (χ1) is 6.33. The molecule has 0 amide bonds. The topological polar surface area (TPSA) is 15.3 Å². The molecule has 0 aromatic rings. The van der Waals surface area contributed by atoms with Gasteiger partial charge in [-0.2, -0.15) is 11.8 Å². The lowest BCUT2D eigenvalue weighted by molar-refractivity contribution is 0.132. The fraction of sp³-hybridized carbons (Fsp3) is 1.00. The third kappa shape index (κ3) is 2.38. The van der Waals surface area contributed by atoms with E-state index in [1.807, 2.05) is 0 Å². The molecule has 0 aromatic heterocycles. The van der Waals surface area contributed by atoms with E-state index in [0.29, 0.717) is 0 Å². The van der Waals surface area contributed by atoms with Crippen LogP contribution in [0.15, 0.2) is 0 Å². The van der Waals surface area contributed by atoms with E-state index in [4.69, 9.17) is 0 Å². The smallest absolute Gasteiger partial charge is 0.0345 e. The Kier molecular flexibility index (Phi) is 5.04. The normalized spacial score (nSPS) is 32.8. The molecular formula is C10H21ClN2S. The van der Waals surface area contributed by atoms with Gasteiger partial charge in [-0.1, -0.05) is 6.42 Å². The molecule has 1 aliphatic carbocycles. The molecule has 2 rings (SSSR count). The first-order valence-corrected chi connectivity index (χ1v) is 6.57. The highest BCUT2D eigenvalue weighted by molar-refractivity contribution is 7.99. The maximum Gasteiger partial charge on any atom is 0.0345 e. The highest BCUT2D eigenvalue weighted by atomic mass is 35.5. The van der Waals surface area contributed by atoms with Gasteiger partial charge >= 0.3 is 0 Å². The van der Waals surface area contributed by atoms with Crippen LogP contribution in [0.5, 0.6) is 0 Å². The Morgan fingerprint density at radius 3 is 2.50 bits per heavy atom. The number of hydrogen-bond donors (Lipinski definition) is 1. The lowest BCUT2D eigenvalue weighted by Gasteiger charge is -2.41. The van der Waals surface area contributed by atoms with Crippen molar-refractivity contribution in [3.63, 3.8) is 0 Å². The second-order valence-electron chi connectivity index (χ2n) is 4.25. The van der Waals surface area contributed by atoms with Gasteiger partial charge in [0.15, 0.2) is 0 Å². The zero-order chi connectivity index (χ0) is 9.26. The molecule has 0 bridgehead atoms. The average Bonchev–Trinajstić information content (AvgIpc) is 2.47. The van der Waals surface area contributed by atoms with Crippen molar-refractivity contribution in [2.24, 2.45) is 0 Å². The van der Waals surface area contributed by atoms with Crippen LogP contribution in [0.3, 0.4) is 0 Å². The summed E-state index contributed by atoms with van der Waals surface area (Å²) < 4.78 is 0. The van der Waals surface area contributed by atoms with Crippen molar-refractivity contribution in [1.29, 1.82) is 0 Å². The van der Waals surface area contributed by atoms with Gasteiger partial charge in [-0.25, -0.2) is 0 Å². The zero-order valence-electron chi connectivity index (χ0n) is 9.03. The van der Waals surface area contributed by atoms with Gasteiger partial charge in [0.2, 0.25) is 0 Å². The standard InChI is InChI=1S/C10H20N2S.ClH/c1-12(8-6-11-7-8)9-4-3-5-10(9)13-2;/h8-11H,3-7H2,1-2H3;1H. The quantitative estimate of drug-likeness (QED) is 0.802. The van der Waals surface area contributed by atoms with Crippen LogP contribution in [0.1, 0.15) is 19.3 Å². The van der Waals surface area contributed by atoms with Crippen LogP contribution in [-0.4, -0.2) is 48.6 Å². The third-order valence-corrected chi connectivity index (χ3v) is 4.73. The fourth-order valence-corrected chi connectivity index (χ4v) is 3.52. The predicted molar refractivity (Wildman–Crippen MR) is 66.6 cm³/mol. The molecule has 1 saturated heterocycles. The summed E-state index contributed by atoms with van der Waals surface area (Å²) in [6, 6.07) is 1.67. The predicted octanol–water partition coefficient (Wildman–Crippen LogP) is 1.60. The van der Waals surface area contributed by atoms with Crippen LogP contribution in [0.25, 0.3) is 0 Å². The van der Waals surface area contributed by atoms with Crippen LogP contribution in [0, 0.1) is 0 Å². The molecule has 84 valence electrons. The van der Waals surface area contributed by atoms with E-state index >= 15 is 0 Å². The van der Waals surface area contributed by atoms with Crippen molar-refractivity contribution < 1.29 is 0 Å². The van der Waals surface area contributed by atoms with Crippen LogP contribution in [0.4, 0.5) is 0 Å². The Balaban J connectivity index is 0.000000980. The first kappa shape index (κ1) is 12.6. The number of rotatable bonds is 3. The number of nitrogens with zero attached hydrogens (tertiary/aromatic N) is 1. The monoisotopic (exact) mass is 236 g/mol. The molecule has 0 aromatic carbocycles. The molecule has 2 nitrogen and oxygen atoms in total. The van der Waals surface area contributed by atoms with Crippen molar-refractivity contribution in [2.45, 2.75) is 36.6 Å². The maximum atomic E-state index is 3.35. The van der Waals surface area contributed by atoms with E-state index in [9.17, 15) is 0 Å². The van der Waals surface area contributed by atoms with Crippen molar-refractivity contribution in [3.8, 4) is 0 Å². The number of nitrogens with one attached hydrogen (secondary N) is 1. The Bertz CT molecular complexity index is 176. The van der Waals surface area contributed by atoms with Crippen LogP contribution in [-0.2, 0) is 0 Å². The Hall–Kier alpha value is 0.560. The van der Waals surface area contributed by atoms with Gasteiger partial charge < -0.3 is 5.32 Å². The molecule has 0 spiro atoms. The largest absolute Gasteiger partial charge is 0.314 e. The molecule has 4 heteroatoms. The lowest BCUT2D eigenvalue weighted by atomic mass is 10.1. The summed E-state index contributed by atoms with van der Waals surface area (Å²) in [4.78, 5) is 2.62. The molecule has 1 N–H and O–H groups in total. The van der Waals surface area contributed by atoms with E-state index in [1.165, 1.54) is 32.4 Å². The van der Waals surface area contributed by atoms with Gasteiger partial charge in [-0.15, -0.1) is 12.4 Å². The molecule has 14 heavy (non-hydrogen) atoms. The maximum absolute atomic E-state index is 3.35. The number of thioether (sulfide) groups is 1. The second-order valence-corrected chi connectivity index (χ2v) is 5.33. The van der Waals surface area contributed by atoms with Gasteiger partial charge in [-0.05, 0) is 26.1 Å². The molecule has 2 atom stereocenters. The summed E-state index contributed by atoms with van der Waals surface area (Å²) in [6.45, 7) is 2.40. The average molecular weight is 237 g/mol. The number of likely N-dealkylation sites (N-methyl/N-ethyl adjacent to an activating group) is 1. The van der Waals surface area contributed by atoms with Crippen molar-refractivity contribution in [2.75, 3.05) is 26.4 Å². The summed E-state index contributed by atoms with van der Waals surface area (Å²) in [7, 11) is 2.31. The van der Waals surface area contributed by atoms with Crippen LogP contribution >= 0.6 is 24.2 Å². The Morgan fingerprint density at radius 1 is 1.29 bits per heavy atom. The number of halogens is 1. The van der Waals surface area contributed by atoms with Crippen LogP contribution < -0.4 is 5.32 Å². The zero-order valence-corrected chi connectivity index (χ0v) is 10.7. The van der Waals surface area contributed by atoms with Crippen molar-refractivity contribution in [3.05, 3.63) is 0 Å². The molecular weight excluding hydrogens is 216 g/mol. The highest BCUT2D eigenvalue weighted by Crippen LogP contribution is 2.32. The molecule has 2 unspecified atom stereocenters. The summed E-state index contributed by atoms with van der Waals surface area (Å²) in [5.74, 6) is 0. The van der Waals surface area contributed by atoms with Gasteiger partial charge in [-0.3, -0.25) is 4.90 Å². The third-order valence-electron chi connectivity index (χ3n) is 3.58. The molecule has 1 saturated carbocycles. The van der Waals surface area contributed by atoms with Crippen LogP contribution in [0.2, 0.25) is 0 Å². The van der Waals surface area contributed by atoms with Gasteiger partial charge in [0, 0.05) is 30.4 Å². The van der Waals surface area contributed by atoms with E-state index in [1.54, 1.807) is 0 Å². The minimum absolute atomic E-state index is 0. The lowest BCUT2D eigenvalue weighted by Crippen LogP contribution is -2.59. The summed E-state index contributed by atoms with van der Waals surface area (Å²) >= 11 is 2.06. The van der Waals surface area contributed by atoms with Crippen molar-refractivity contribution >= 4 is 24.2 Å².